The Labute approximate surface area is 78.6 Å². The summed E-state index contributed by atoms with van der Waals surface area (Å²) in [6, 6.07) is 0. The van der Waals surface area contributed by atoms with Crippen LogP contribution in [0.1, 0.15) is 19.4 Å². The molecule has 3 N–H and O–H groups in total. The van der Waals surface area contributed by atoms with Crippen molar-refractivity contribution in [1.82, 2.24) is 9.97 Å². The average Bonchev–Trinajstić information content (AvgIpc) is 2.02. The standard InChI is InChI=1S/C9H16N4/c1-7-4-11-8(12-5-7)13-6-9(2,3)10/h4-5H,6,10H2,1-3H3,(H,11,12,13). The van der Waals surface area contributed by atoms with E-state index in [1.54, 1.807) is 12.4 Å². The molecule has 1 aromatic rings. The molecule has 13 heavy (non-hydrogen) atoms. The van der Waals surface area contributed by atoms with Crippen LogP contribution in [0, 0.1) is 6.92 Å². The molecule has 0 spiro atoms. The van der Waals surface area contributed by atoms with Gasteiger partial charge in [0.2, 0.25) is 5.95 Å². The minimum absolute atomic E-state index is 0.242. The van der Waals surface area contributed by atoms with Crippen molar-refractivity contribution >= 4 is 5.95 Å². The van der Waals surface area contributed by atoms with Crippen LogP contribution >= 0.6 is 0 Å². The first kappa shape index (κ1) is 9.92. The van der Waals surface area contributed by atoms with E-state index in [1.165, 1.54) is 0 Å². The molecule has 0 aliphatic rings. The van der Waals surface area contributed by atoms with Crippen molar-refractivity contribution in [3.63, 3.8) is 0 Å². The van der Waals surface area contributed by atoms with Crippen LogP contribution in [-0.4, -0.2) is 22.1 Å². The minimum Gasteiger partial charge on any atom is -0.352 e. The molecular formula is C9H16N4. The minimum atomic E-state index is -0.242. The van der Waals surface area contributed by atoms with Crippen molar-refractivity contribution in [3.8, 4) is 0 Å². The predicted molar refractivity (Wildman–Crippen MR) is 53.5 cm³/mol. The van der Waals surface area contributed by atoms with Crippen LogP contribution in [0.3, 0.4) is 0 Å². The maximum absolute atomic E-state index is 5.80. The largest absolute Gasteiger partial charge is 0.352 e. The van der Waals surface area contributed by atoms with E-state index >= 15 is 0 Å². The van der Waals surface area contributed by atoms with E-state index in [4.69, 9.17) is 5.73 Å². The van der Waals surface area contributed by atoms with Gasteiger partial charge in [-0.25, -0.2) is 9.97 Å². The molecule has 0 aliphatic carbocycles. The summed E-state index contributed by atoms with van der Waals surface area (Å²) in [5.41, 5.74) is 6.61. The highest BCUT2D eigenvalue weighted by atomic mass is 15.1. The fourth-order valence-electron chi connectivity index (χ4n) is 0.791. The Bertz CT molecular complexity index is 260. The number of rotatable bonds is 3. The van der Waals surface area contributed by atoms with E-state index in [1.807, 2.05) is 20.8 Å². The Hall–Kier alpha value is -1.16. The van der Waals surface area contributed by atoms with Crippen LogP contribution < -0.4 is 11.1 Å². The molecule has 0 unspecified atom stereocenters. The Balaban J connectivity index is 2.51. The summed E-state index contributed by atoms with van der Waals surface area (Å²) in [7, 11) is 0. The third-order valence-corrected chi connectivity index (χ3v) is 1.48. The first-order valence-electron chi connectivity index (χ1n) is 4.29. The number of aryl methyl sites for hydroxylation is 1. The zero-order valence-corrected chi connectivity index (χ0v) is 8.33. The van der Waals surface area contributed by atoms with Crippen molar-refractivity contribution in [2.75, 3.05) is 11.9 Å². The highest BCUT2D eigenvalue weighted by Crippen LogP contribution is 2.01. The normalized spacial score (nSPS) is 11.4. The van der Waals surface area contributed by atoms with Crippen molar-refractivity contribution in [1.29, 1.82) is 0 Å². The van der Waals surface area contributed by atoms with Crippen LogP contribution in [0.15, 0.2) is 12.4 Å². The lowest BCUT2D eigenvalue weighted by Crippen LogP contribution is -2.39. The third kappa shape index (κ3) is 3.85. The molecule has 4 heteroatoms. The second kappa shape index (κ2) is 3.70. The number of nitrogens with one attached hydrogen (secondary N) is 1. The van der Waals surface area contributed by atoms with Gasteiger partial charge in [-0.05, 0) is 26.3 Å². The van der Waals surface area contributed by atoms with E-state index in [-0.39, 0.29) is 5.54 Å². The van der Waals surface area contributed by atoms with Gasteiger partial charge in [-0.3, -0.25) is 0 Å². The van der Waals surface area contributed by atoms with Crippen LogP contribution in [0.4, 0.5) is 5.95 Å². The predicted octanol–water partition coefficient (Wildman–Crippen LogP) is 0.934. The Morgan fingerprint density at radius 3 is 2.38 bits per heavy atom. The molecule has 0 fully saturated rings. The number of aromatic nitrogens is 2. The van der Waals surface area contributed by atoms with E-state index in [9.17, 15) is 0 Å². The Kier molecular flexibility index (Phi) is 2.83. The van der Waals surface area contributed by atoms with Gasteiger partial charge in [0.15, 0.2) is 0 Å². The van der Waals surface area contributed by atoms with Gasteiger partial charge in [0, 0.05) is 24.5 Å². The van der Waals surface area contributed by atoms with Gasteiger partial charge in [0.25, 0.3) is 0 Å². The fourth-order valence-corrected chi connectivity index (χ4v) is 0.791. The van der Waals surface area contributed by atoms with Gasteiger partial charge in [0.05, 0.1) is 0 Å². The van der Waals surface area contributed by atoms with Crippen LogP contribution in [0.25, 0.3) is 0 Å². The van der Waals surface area contributed by atoms with Crippen molar-refractivity contribution in [2.45, 2.75) is 26.3 Å². The molecule has 1 aromatic heterocycles. The molecular weight excluding hydrogens is 164 g/mol. The van der Waals surface area contributed by atoms with Gasteiger partial charge < -0.3 is 11.1 Å². The van der Waals surface area contributed by atoms with Crippen molar-refractivity contribution < 1.29 is 0 Å². The first-order chi connectivity index (χ1) is 5.97. The smallest absolute Gasteiger partial charge is 0.222 e. The Morgan fingerprint density at radius 1 is 1.38 bits per heavy atom. The summed E-state index contributed by atoms with van der Waals surface area (Å²) in [5.74, 6) is 0.629. The molecule has 0 atom stereocenters. The van der Waals surface area contributed by atoms with Gasteiger partial charge in [-0.1, -0.05) is 0 Å². The SMILES string of the molecule is Cc1cnc(NCC(C)(C)N)nc1. The third-order valence-electron chi connectivity index (χ3n) is 1.48. The van der Waals surface area contributed by atoms with Gasteiger partial charge in [-0.15, -0.1) is 0 Å². The highest BCUT2D eigenvalue weighted by molar-refractivity contribution is 5.24. The van der Waals surface area contributed by atoms with Gasteiger partial charge >= 0.3 is 0 Å². The van der Waals surface area contributed by atoms with Gasteiger partial charge in [-0.2, -0.15) is 0 Å². The molecule has 0 amide bonds. The maximum atomic E-state index is 5.80. The quantitative estimate of drug-likeness (QED) is 0.726. The molecule has 0 radical (unpaired) electrons. The number of anilines is 1. The summed E-state index contributed by atoms with van der Waals surface area (Å²) in [4.78, 5) is 8.21. The molecule has 0 saturated heterocycles. The lowest BCUT2D eigenvalue weighted by atomic mass is 10.1. The first-order valence-corrected chi connectivity index (χ1v) is 4.29. The number of nitrogens with zero attached hydrogens (tertiary/aromatic N) is 2. The summed E-state index contributed by atoms with van der Waals surface area (Å²) in [6.07, 6.45) is 3.55. The maximum Gasteiger partial charge on any atom is 0.222 e. The topological polar surface area (TPSA) is 63.8 Å². The lowest BCUT2D eigenvalue weighted by Gasteiger charge is -2.18. The lowest BCUT2D eigenvalue weighted by molar-refractivity contribution is 0.547. The van der Waals surface area contributed by atoms with Gasteiger partial charge in [0.1, 0.15) is 0 Å². The molecule has 4 nitrogen and oxygen atoms in total. The molecule has 1 heterocycles. The molecule has 0 bridgehead atoms. The summed E-state index contributed by atoms with van der Waals surface area (Å²) in [6.45, 7) is 6.52. The molecule has 72 valence electrons. The number of nitrogens with two attached hydrogens (primary N) is 1. The van der Waals surface area contributed by atoms with E-state index in [0.29, 0.717) is 12.5 Å². The summed E-state index contributed by atoms with van der Waals surface area (Å²) < 4.78 is 0. The molecule has 0 saturated carbocycles. The van der Waals surface area contributed by atoms with E-state index in [2.05, 4.69) is 15.3 Å². The number of hydrogen-bond donors (Lipinski definition) is 2. The van der Waals surface area contributed by atoms with Crippen molar-refractivity contribution in [2.24, 2.45) is 5.73 Å². The molecule has 0 aliphatic heterocycles. The second-order valence-corrected chi connectivity index (χ2v) is 3.93. The zero-order valence-electron chi connectivity index (χ0n) is 8.33. The average molecular weight is 180 g/mol. The van der Waals surface area contributed by atoms with Crippen molar-refractivity contribution in [3.05, 3.63) is 18.0 Å². The fraction of sp³-hybridized carbons (Fsp3) is 0.556. The van der Waals surface area contributed by atoms with Crippen LogP contribution in [0.5, 0.6) is 0 Å². The molecule has 1 rings (SSSR count). The summed E-state index contributed by atoms with van der Waals surface area (Å²) >= 11 is 0. The monoisotopic (exact) mass is 180 g/mol. The van der Waals surface area contributed by atoms with E-state index in [0.717, 1.165) is 5.56 Å². The highest BCUT2D eigenvalue weighted by Gasteiger charge is 2.09. The second-order valence-electron chi connectivity index (χ2n) is 3.93. The Morgan fingerprint density at radius 2 is 1.92 bits per heavy atom. The van der Waals surface area contributed by atoms with E-state index < -0.39 is 0 Å². The number of hydrogen-bond acceptors (Lipinski definition) is 4. The van der Waals surface area contributed by atoms with Crippen LogP contribution in [-0.2, 0) is 0 Å². The zero-order chi connectivity index (χ0) is 9.90. The molecule has 0 aromatic carbocycles. The summed E-state index contributed by atoms with van der Waals surface area (Å²) in [5, 5.41) is 3.06. The van der Waals surface area contributed by atoms with Crippen LogP contribution in [0.2, 0.25) is 0 Å².